The number of hydrogen-bond acceptors (Lipinski definition) is 3. The van der Waals surface area contributed by atoms with E-state index in [1.54, 1.807) is 6.92 Å². The molecule has 1 atom stereocenters. The number of amides is 1. The Morgan fingerprint density at radius 1 is 1.48 bits per heavy atom. The molecule has 1 heterocycles. The minimum absolute atomic E-state index is 0.0242. The van der Waals surface area contributed by atoms with Gasteiger partial charge in [-0.15, -0.1) is 0 Å². The monoisotopic (exact) mass is 313 g/mol. The topological polar surface area (TPSA) is 46.6 Å². The van der Waals surface area contributed by atoms with Gasteiger partial charge in [-0.3, -0.25) is 9.59 Å². The molecule has 4 nitrogen and oxygen atoms in total. The fourth-order valence-corrected chi connectivity index (χ4v) is 2.61. The third kappa shape index (κ3) is 3.73. The molecule has 0 aliphatic carbocycles. The van der Waals surface area contributed by atoms with Crippen LogP contribution < -0.4 is 0 Å². The Kier molecular flexibility index (Phi) is 5.17. The fraction of sp³-hybridized carbons (Fsp3) is 0.467. The Bertz CT molecular complexity index is 550. The van der Waals surface area contributed by atoms with Crippen LogP contribution in [-0.2, 0) is 9.53 Å². The van der Waals surface area contributed by atoms with Crippen molar-refractivity contribution < 1.29 is 18.7 Å². The highest BCUT2D eigenvalue weighted by Crippen LogP contribution is 2.22. The summed E-state index contributed by atoms with van der Waals surface area (Å²) in [5, 5.41) is 0.243. The zero-order valence-corrected chi connectivity index (χ0v) is 12.5. The smallest absolute Gasteiger partial charge is 0.310 e. The first-order valence-corrected chi connectivity index (χ1v) is 7.31. The van der Waals surface area contributed by atoms with Crippen molar-refractivity contribution >= 4 is 23.5 Å². The molecule has 0 spiro atoms. The van der Waals surface area contributed by atoms with Crippen LogP contribution >= 0.6 is 11.6 Å². The van der Waals surface area contributed by atoms with Crippen LogP contribution in [0.2, 0.25) is 5.02 Å². The molecule has 1 aliphatic heterocycles. The number of ether oxygens (including phenoxy) is 1. The molecule has 0 unspecified atom stereocenters. The number of benzene rings is 1. The largest absolute Gasteiger partial charge is 0.466 e. The third-order valence-corrected chi connectivity index (χ3v) is 3.73. The summed E-state index contributed by atoms with van der Waals surface area (Å²) in [5.74, 6) is -1.70. The van der Waals surface area contributed by atoms with Gasteiger partial charge in [0.1, 0.15) is 5.82 Å². The zero-order valence-electron chi connectivity index (χ0n) is 11.8. The Labute approximate surface area is 127 Å². The molecule has 1 fully saturated rings. The van der Waals surface area contributed by atoms with Gasteiger partial charge in [0.2, 0.25) is 0 Å². The van der Waals surface area contributed by atoms with E-state index in [1.165, 1.54) is 17.0 Å². The number of nitrogens with zero attached hydrogens (tertiary/aromatic N) is 1. The second-order valence-corrected chi connectivity index (χ2v) is 5.40. The van der Waals surface area contributed by atoms with E-state index >= 15 is 0 Å². The molecule has 21 heavy (non-hydrogen) atoms. The van der Waals surface area contributed by atoms with E-state index in [1.807, 2.05) is 0 Å². The number of halogens is 2. The minimum atomic E-state index is -0.647. The average molecular weight is 314 g/mol. The Morgan fingerprint density at radius 2 is 2.24 bits per heavy atom. The molecule has 1 aromatic rings. The van der Waals surface area contributed by atoms with Gasteiger partial charge in [-0.2, -0.15) is 0 Å². The maximum atomic E-state index is 13.8. The van der Waals surface area contributed by atoms with Crippen LogP contribution in [0, 0.1) is 11.7 Å². The first-order valence-electron chi connectivity index (χ1n) is 6.94. The second-order valence-electron chi connectivity index (χ2n) is 4.97. The number of hydrogen-bond donors (Lipinski definition) is 0. The Morgan fingerprint density at radius 3 is 2.90 bits per heavy atom. The molecular weight excluding hydrogens is 297 g/mol. The van der Waals surface area contributed by atoms with Gasteiger partial charge < -0.3 is 9.64 Å². The van der Waals surface area contributed by atoms with Crippen LogP contribution in [-0.4, -0.2) is 36.5 Å². The van der Waals surface area contributed by atoms with E-state index < -0.39 is 11.7 Å². The molecular formula is C15H17ClFNO3. The van der Waals surface area contributed by atoms with Gasteiger partial charge in [-0.1, -0.05) is 11.6 Å². The molecule has 0 saturated carbocycles. The predicted molar refractivity (Wildman–Crippen MR) is 76.7 cm³/mol. The number of rotatable bonds is 3. The highest BCUT2D eigenvalue weighted by atomic mass is 35.5. The molecule has 2 rings (SSSR count). The molecule has 1 aliphatic rings. The van der Waals surface area contributed by atoms with E-state index in [9.17, 15) is 14.0 Å². The number of likely N-dealkylation sites (tertiary alicyclic amines) is 1. The quantitative estimate of drug-likeness (QED) is 0.806. The van der Waals surface area contributed by atoms with Crippen molar-refractivity contribution in [2.45, 2.75) is 19.8 Å². The van der Waals surface area contributed by atoms with Crippen molar-refractivity contribution in [3.8, 4) is 0 Å². The van der Waals surface area contributed by atoms with Crippen LogP contribution in [0.15, 0.2) is 18.2 Å². The lowest BCUT2D eigenvalue weighted by atomic mass is 9.97. The summed E-state index contributed by atoms with van der Waals surface area (Å²) in [4.78, 5) is 25.6. The van der Waals surface area contributed by atoms with Gasteiger partial charge in [-0.25, -0.2) is 4.39 Å². The summed E-state index contributed by atoms with van der Waals surface area (Å²) in [6.07, 6.45) is 1.39. The molecule has 6 heteroatoms. The van der Waals surface area contributed by atoms with Gasteiger partial charge in [0.15, 0.2) is 0 Å². The highest BCUT2D eigenvalue weighted by Gasteiger charge is 2.30. The minimum Gasteiger partial charge on any atom is -0.466 e. The number of piperidine rings is 1. The Balaban J connectivity index is 2.10. The first-order chi connectivity index (χ1) is 10.0. The number of carbonyl (C=O) groups is 2. The molecule has 114 valence electrons. The molecule has 0 radical (unpaired) electrons. The predicted octanol–water partition coefficient (Wildman–Crippen LogP) is 2.89. The van der Waals surface area contributed by atoms with E-state index in [0.717, 1.165) is 6.07 Å². The van der Waals surface area contributed by atoms with Crippen LogP contribution in [0.1, 0.15) is 30.1 Å². The van der Waals surface area contributed by atoms with Gasteiger partial charge in [0.25, 0.3) is 5.91 Å². The van der Waals surface area contributed by atoms with E-state index in [4.69, 9.17) is 16.3 Å². The van der Waals surface area contributed by atoms with Gasteiger partial charge in [0, 0.05) is 18.1 Å². The summed E-state index contributed by atoms with van der Waals surface area (Å²) in [7, 11) is 0. The normalized spacial score (nSPS) is 18.4. The average Bonchev–Trinajstić information content (AvgIpc) is 2.47. The molecule has 1 saturated heterocycles. The zero-order chi connectivity index (χ0) is 15.4. The molecule has 0 aromatic heterocycles. The second kappa shape index (κ2) is 6.89. The van der Waals surface area contributed by atoms with Gasteiger partial charge in [0.05, 0.1) is 18.1 Å². The lowest BCUT2D eigenvalue weighted by Gasteiger charge is -2.31. The van der Waals surface area contributed by atoms with E-state index in [-0.39, 0.29) is 29.0 Å². The SMILES string of the molecule is CCOC(=O)[C@@H]1CCCN(C(=O)c2ccc(Cl)cc2F)C1. The van der Waals surface area contributed by atoms with Gasteiger partial charge >= 0.3 is 5.97 Å². The number of carbonyl (C=O) groups excluding carboxylic acids is 2. The standard InChI is InChI=1S/C15H17ClFNO3/c1-2-21-15(20)10-4-3-7-18(9-10)14(19)12-6-5-11(16)8-13(12)17/h5-6,8,10H,2-4,7,9H2,1H3/t10-/m1/s1. The highest BCUT2D eigenvalue weighted by molar-refractivity contribution is 6.30. The summed E-state index contributed by atoms with van der Waals surface area (Å²) in [6.45, 7) is 2.83. The van der Waals surface area contributed by atoms with Crippen LogP contribution in [0.3, 0.4) is 0 Å². The van der Waals surface area contributed by atoms with Crippen LogP contribution in [0.25, 0.3) is 0 Å². The van der Waals surface area contributed by atoms with Crippen molar-refractivity contribution in [2.75, 3.05) is 19.7 Å². The number of esters is 1. The molecule has 1 amide bonds. The van der Waals surface area contributed by atoms with Gasteiger partial charge in [-0.05, 0) is 38.0 Å². The van der Waals surface area contributed by atoms with E-state index in [0.29, 0.717) is 26.0 Å². The van der Waals surface area contributed by atoms with Crippen LogP contribution in [0.4, 0.5) is 4.39 Å². The lowest BCUT2D eigenvalue weighted by molar-refractivity contribution is -0.149. The van der Waals surface area contributed by atoms with Crippen molar-refractivity contribution in [3.63, 3.8) is 0 Å². The maximum absolute atomic E-state index is 13.8. The maximum Gasteiger partial charge on any atom is 0.310 e. The summed E-state index contributed by atoms with van der Waals surface area (Å²) in [6, 6.07) is 3.96. The van der Waals surface area contributed by atoms with E-state index in [2.05, 4.69) is 0 Å². The lowest BCUT2D eigenvalue weighted by Crippen LogP contribution is -2.43. The van der Waals surface area contributed by atoms with Crippen LogP contribution in [0.5, 0.6) is 0 Å². The molecule has 1 aromatic carbocycles. The molecule has 0 N–H and O–H groups in total. The van der Waals surface area contributed by atoms with Crippen molar-refractivity contribution in [1.82, 2.24) is 4.90 Å². The summed E-state index contributed by atoms with van der Waals surface area (Å²) >= 11 is 5.68. The first kappa shape index (κ1) is 15.8. The molecule has 0 bridgehead atoms. The Hall–Kier alpha value is -1.62. The van der Waals surface area contributed by atoms with Crippen molar-refractivity contribution in [2.24, 2.45) is 5.92 Å². The fourth-order valence-electron chi connectivity index (χ4n) is 2.45. The van der Waals surface area contributed by atoms with Crippen molar-refractivity contribution in [3.05, 3.63) is 34.6 Å². The van der Waals surface area contributed by atoms with Crippen molar-refractivity contribution in [1.29, 1.82) is 0 Å². The third-order valence-electron chi connectivity index (χ3n) is 3.49. The summed E-state index contributed by atoms with van der Waals surface area (Å²) < 4.78 is 18.8. The summed E-state index contributed by atoms with van der Waals surface area (Å²) in [5.41, 5.74) is -0.0242.